The number of rotatable bonds is 4. The van der Waals surface area contributed by atoms with E-state index in [-0.39, 0.29) is 11.3 Å². The van der Waals surface area contributed by atoms with Crippen LogP contribution in [0.2, 0.25) is 0 Å². The maximum atomic E-state index is 12.4. The van der Waals surface area contributed by atoms with E-state index >= 15 is 0 Å². The second kappa shape index (κ2) is 7.63. The van der Waals surface area contributed by atoms with E-state index in [2.05, 4.69) is 10.6 Å². The Bertz CT molecular complexity index is 867. The number of piperazine rings is 1. The number of carbonyl (C=O) groups is 1. The third kappa shape index (κ3) is 3.79. The summed E-state index contributed by atoms with van der Waals surface area (Å²) in [4.78, 5) is 25.4. The number of nitro benzene ring substituents is 1. The molecule has 1 aliphatic rings. The highest BCUT2D eigenvalue weighted by Crippen LogP contribution is 2.29. The molecule has 1 fully saturated rings. The Kier molecular flexibility index (Phi) is 5.10. The van der Waals surface area contributed by atoms with E-state index in [0.29, 0.717) is 30.0 Å². The standard InChI is InChI=1S/C18H17N5O3/c19-12-13-1-4-15(5-2-13)21-18(24)14-3-6-16(17(11-14)23(25)26)22-9-7-20-8-10-22/h1-6,11,20H,7-10H2,(H,21,24). The Morgan fingerprint density at radius 1 is 1.19 bits per heavy atom. The lowest BCUT2D eigenvalue weighted by atomic mass is 10.1. The maximum absolute atomic E-state index is 12.4. The largest absolute Gasteiger partial charge is 0.363 e. The van der Waals surface area contributed by atoms with Crippen molar-refractivity contribution in [2.45, 2.75) is 0 Å². The molecule has 3 rings (SSSR count). The van der Waals surface area contributed by atoms with Crippen LogP contribution in [0.4, 0.5) is 17.1 Å². The van der Waals surface area contributed by atoms with Crippen molar-refractivity contribution in [1.82, 2.24) is 5.32 Å². The summed E-state index contributed by atoms with van der Waals surface area (Å²) in [6, 6.07) is 12.9. The molecule has 8 heteroatoms. The number of nitrogens with zero attached hydrogens (tertiary/aromatic N) is 3. The van der Waals surface area contributed by atoms with Crippen LogP contribution in [0.15, 0.2) is 42.5 Å². The van der Waals surface area contributed by atoms with Gasteiger partial charge in [0.15, 0.2) is 0 Å². The lowest BCUT2D eigenvalue weighted by Gasteiger charge is -2.29. The number of nitrogens with one attached hydrogen (secondary N) is 2. The zero-order chi connectivity index (χ0) is 18.5. The SMILES string of the molecule is N#Cc1ccc(NC(=O)c2ccc(N3CCNCC3)c([N+](=O)[O-])c2)cc1. The van der Waals surface area contributed by atoms with Crippen LogP contribution >= 0.6 is 0 Å². The summed E-state index contributed by atoms with van der Waals surface area (Å²) in [6.07, 6.45) is 0. The molecule has 0 aromatic heterocycles. The molecule has 2 aromatic rings. The van der Waals surface area contributed by atoms with Crippen LogP contribution in [0.1, 0.15) is 15.9 Å². The molecule has 1 heterocycles. The van der Waals surface area contributed by atoms with E-state index in [9.17, 15) is 14.9 Å². The van der Waals surface area contributed by atoms with Gasteiger partial charge < -0.3 is 15.5 Å². The van der Waals surface area contributed by atoms with Crippen molar-refractivity contribution in [3.63, 3.8) is 0 Å². The van der Waals surface area contributed by atoms with Gasteiger partial charge in [-0.3, -0.25) is 14.9 Å². The van der Waals surface area contributed by atoms with E-state index in [1.807, 2.05) is 11.0 Å². The van der Waals surface area contributed by atoms with Crippen LogP contribution in [0.3, 0.4) is 0 Å². The summed E-state index contributed by atoms with van der Waals surface area (Å²) in [5, 5.41) is 26.1. The normalized spacial score (nSPS) is 13.7. The summed E-state index contributed by atoms with van der Waals surface area (Å²) in [5.41, 5.74) is 1.65. The maximum Gasteiger partial charge on any atom is 0.293 e. The zero-order valence-electron chi connectivity index (χ0n) is 13.9. The number of nitro groups is 1. The molecule has 1 amide bonds. The molecule has 132 valence electrons. The number of amides is 1. The summed E-state index contributed by atoms with van der Waals surface area (Å²) in [5.74, 6) is -0.440. The van der Waals surface area contributed by atoms with Crippen LogP contribution in [0.5, 0.6) is 0 Å². The van der Waals surface area contributed by atoms with Gasteiger partial charge in [-0.05, 0) is 36.4 Å². The van der Waals surface area contributed by atoms with Crippen LogP contribution in [-0.2, 0) is 0 Å². The molecule has 26 heavy (non-hydrogen) atoms. The average molecular weight is 351 g/mol. The molecule has 8 nitrogen and oxygen atoms in total. The third-order valence-electron chi connectivity index (χ3n) is 4.16. The summed E-state index contributed by atoms with van der Waals surface area (Å²) in [6.45, 7) is 2.88. The minimum Gasteiger partial charge on any atom is -0.363 e. The van der Waals surface area contributed by atoms with E-state index in [1.165, 1.54) is 6.07 Å². The van der Waals surface area contributed by atoms with Gasteiger partial charge in [-0.1, -0.05) is 0 Å². The molecule has 1 saturated heterocycles. The van der Waals surface area contributed by atoms with Gasteiger partial charge in [0.05, 0.1) is 16.6 Å². The average Bonchev–Trinajstić information content (AvgIpc) is 2.68. The highest BCUT2D eigenvalue weighted by Gasteiger charge is 2.23. The van der Waals surface area contributed by atoms with Crippen molar-refractivity contribution in [3.8, 4) is 6.07 Å². The van der Waals surface area contributed by atoms with Crippen molar-refractivity contribution in [3.05, 3.63) is 63.7 Å². The second-order valence-corrected chi connectivity index (χ2v) is 5.84. The molecule has 0 unspecified atom stereocenters. The highest BCUT2D eigenvalue weighted by molar-refractivity contribution is 6.05. The van der Waals surface area contributed by atoms with Gasteiger partial charge in [0.1, 0.15) is 5.69 Å². The Morgan fingerprint density at radius 3 is 2.50 bits per heavy atom. The summed E-state index contributed by atoms with van der Waals surface area (Å²) >= 11 is 0. The fourth-order valence-corrected chi connectivity index (χ4v) is 2.82. The van der Waals surface area contributed by atoms with E-state index in [0.717, 1.165) is 13.1 Å². The fourth-order valence-electron chi connectivity index (χ4n) is 2.82. The van der Waals surface area contributed by atoms with Gasteiger partial charge in [-0.25, -0.2) is 0 Å². The number of nitriles is 1. The topological polar surface area (TPSA) is 111 Å². The van der Waals surface area contributed by atoms with Crippen molar-refractivity contribution >= 4 is 23.0 Å². The Balaban J connectivity index is 1.82. The van der Waals surface area contributed by atoms with E-state index in [1.54, 1.807) is 36.4 Å². The first-order valence-electron chi connectivity index (χ1n) is 8.14. The molecule has 0 radical (unpaired) electrons. The molecule has 2 N–H and O–H groups in total. The number of anilines is 2. The van der Waals surface area contributed by atoms with E-state index in [4.69, 9.17) is 5.26 Å². The lowest BCUT2D eigenvalue weighted by Crippen LogP contribution is -2.43. The molecule has 1 aliphatic heterocycles. The number of hydrogen-bond acceptors (Lipinski definition) is 6. The molecular formula is C18H17N5O3. The van der Waals surface area contributed by atoms with Gasteiger partial charge in [0.25, 0.3) is 11.6 Å². The Hall–Kier alpha value is -3.44. The van der Waals surface area contributed by atoms with Crippen molar-refractivity contribution < 1.29 is 9.72 Å². The number of hydrogen-bond donors (Lipinski definition) is 2. The van der Waals surface area contributed by atoms with Crippen molar-refractivity contribution in [2.75, 3.05) is 36.4 Å². The molecule has 0 atom stereocenters. The summed E-state index contributed by atoms with van der Waals surface area (Å²) < 4.78 is 0. The predicted molar refractivity (Wildman–Crippen MR) is 97.3 cm³/mol. The van der Waals surface area contributed by atoms with Crippen LogP contribution in [0.25, 0.3) is 0 Å². The Labute approximate surface area is 150 Å². The molecule has 0 saturated carbocycles. The predicted octanol–water partition coefficient (Wildman–Crippen LogP) is 2.13. The van der Waals surface area contributed by atoms with Crippen molar-refractivity contribution in [1.29, 1.82) is 5.26 Å². The number of benzene rings is 2. The highest BCUT2D eigenvalue weighted by atomic mass is 16.6. The smallest absolute Gasteiger partial charge is 0.293 e. The van der Waals surface area contributed by atoms with Crippen LogP contribution in [-0.4, -0.2) is 37.0 Å². The third-order valence-corrected chi connectivity index (χ3v) is 4.16. The number of carbonyl (C=O) groups excluding carboxylic acids is 1. The molecule has 2 aromatic carbocycles. The quantitative estimate of drug-likeness (QED) is 0.645. The minimum absolute atomic E-state index is 0.0839. The van der Waals surface area contributed by atoms with Gasteiger partial charge in [-0.2, -0.15) is 5.26 Å². The lowest BCUT2D eigenvalue weighted by molar-refractivity contribution is -0.384. The van der Waals surface area contributed by atoms with E-state index < -0.39 is 10.8 Å². The monoisotopic (exact) mass is 351 g/mol. The zero-order valence-corrected chi connectivity index (χ0v) is 13.9. The second-order valence-electron chi connectivity index (χ2n) is 5.84. The molecule has 0 bridgehead atoms. The minimum atomic E-state index is -0.462. The molecular weight excluding hydrogens is 334 g/mol. The first kappa shape index (κ1) is 17.4. The fraction of sp³-hybridized carbons (Fsp3) is 0.222. The van der Waals surface area contributed by atoms with Gasteiger partial charge in [-0.15, -0.1) is 0 Å². The van der Waals surface area contributed by atoms with Gasteiger partial charge in [0, 0.05) is 43.5 Å². The first-order chi connectivity index (χ1) is 12.6. The van der Waals surface area contributed by atoms with Crippen LogP contribution < -0.4 is 15.5 Å². The first-order valence-corrected chi connectivity index (χ1v) is 8.14. The van der Waals surface area contributed by atoms with Gasteiger partial charge in [0.2, 0.25) is 0 Å². The molecule has 0 aliphatic carbocycles. The van der Waals surface area contributed by atoms with Crippen LogP contribution in [0, 0.1) is 21.4 Å². The molecule has 0 spiro atoms. The Morgan fingerprint density at radius 2 is 1.88 bits per heavy atom. The summed E-state index contributed by atoms with van der Waals surface area (Å²) in [7, 11) is 0. The van der Waals surface area contributed by atoms with Gasteiger partial charge >= 0.3 is 0 Å². The van der Waals surface area contributed by atoms with Crippen molar-refractivity contribution in [2.24, 2.45) is 0 Å².